The second kappa shape index (κ2) is 6.45. The van der Waals surface area contributed by atoms with Crippen molar-refractivity contribution in [2.45, 2.75) is 52.2 Å². The molecule has 0 aromatic heterocycles. The first-order chi connectivity index (χ1) is 8.33. The number of hydrogen-bond donors (Lipinski definition) is 0. The first kappa shape index (κ1) is 15.3. The van der Waals surface area contributed by atoms with Crippen LogP contribution in [0.25, 0.3) is 0 Å². The van der Waals surface area contributed by atoms with Gasteiger partial charge in [0.05, 0.1) is 6.04 Å². The number of ketones is 1. The van der Waals surface area contributed by atoms with Gasteiger partial charge in [-0.2, -0.15) is 11.8 Å². The van der Waals surface area contributed by atoms with Gasteiger partial charge in [0, 0.05) is 30.9 Å². The molecule has 0 spiro atoms. The molecule has 104 valence electrons. The molecule has 1 atom stereocenters. The second-order valence-corrected chi connectivity index (χ2v) is 6.65. The van der Waals surface area contributed by atoms with E-state index in [1.807, 2.05) is 27.7 Å². The van der Waals surface area contributed by atoms with Crippen LogP contribution in [0.4, 0.5) is 4.79 Å². The summed E-state index contributed by atoms with van der Waals surface area (Å²) < 4.78 is 5.39. The molecular weight excluding hydrogens is 250 g/mol. The van der Waals surface area contributed by atoms with Gasteiger partial charge in [0.25, 0.3) is 0 Å². The fraction of sp³-hybridized carbons (Fsp3) is 0.846. The van der Waals surface area contributed by atoms with Gasteiger partial charge >= 0.3 is 6.09 Å². The molecule has 1 unspecified atom stereocenters. The van der Waals surface area contributed by atoms with E-state index < -0.39 is 5.60 Å². The highest BCUT2D eigenvalue weighted by Crippen LogP contribution is 2.22. The summed E-state index contributed by atoms with van der Waals surface area (Å²) in [5.41, 5.74) is -0.485. The predicted octanol–water partition coefficient (Wildman–Crippen LogP) is 2.71. The van der Waals surface area contributed by atoms with E-state index in [9.17, 15) is 9.59 Å². The van der Waals surface area contributed by atoms with Crippen LogP contribution >= 0.6 is 11.8 Å². The standard InChI is InChI=1S/C13H23NO3S/c1-5-11(15)8-10-9-18-7-6-14(10)12(16)17-13(2,3)4/h10H,5-9H2,1-4H3. The van der Waals surface area contributed by atoms with E-state index in [0.717, 1.165) is 11.5 Å². The van der Waals surface area contributed by atoms with Crippen molar-refractivity contribution in [1.29, 1.82) is 0 Å². The Bertz CT molecular complexity index is 312. The summed E-state index contributed by atoms with van der Waals surface area (Å²) in [6.45, 7) is 8.10. The molecule has 4 nitrogen and oxygen atoms in total. The van der Waals surface area contributed by atoms with Crippen LogP contribution < -0.4 is 0 Å². The maximum Gasteiger partial charge on any atom is 0.410 e. The maximum absolute atomic E-state index is 12.1. The highest BCUT2D eigenvalue weighted by Gasteiger charge is 2.31. The molecule has 5 heteroatoms. The van der Waals surface area contributed by atoms with E-state index in [2.05, 4.69) is 0 Å². The van der Waals surface area contributed by atoms with Gasteiger partial charge < -0.3 is 9.64 Å². The molecule has 1 amide bonds. The molecular formula is C13H23NO3S. The van der Waals surface area contributed by atoms with Crippen molar-refractivity contribution in [3.63, 3.8) is 0 Å². The lowest BCUT2D eigenvalue weighted by Gasteiger charge is -2.36. The van der Waals surface area contributed by atoms with E-state index >= 15 is 0 Å². The van der Waals surface area contributed by atoms with Crippen molar-refractivity contribution in [1.82, 2.24) is 4.90 Å². The van der Waals surface area contributed by atoms with Crippen LogP contribution in [-0.4, -0.2) is 46.5 Å². The van der Waals surface area contributed by atoms with Gasteiger partial charge in [-0.25, -0.2) is 4.79 Å². The number of thioether (sulfide) groups is 1. The zero-order valence-electron chi connectivity index (χ0n) is 11.7. The Balaban J connectivity index is 2.64. The zero-order valence-corrected chi connectivity index (χ0v) is 12.5. The van der Waals surface area contributed by atoms with Gasteiger partial charge in [0.15, 0.2) is 0 Å². The minimum atomic E-state index is -0.485. The molecule has 18 heavy (non-hydrogen) atoms. The summed E-state index contributed by atoms with van der Waals surface area (Å²) in [7, 11) is 0. The molecule has 1 saturated heterocycles. The Labute approximate surface area is 113 Å². The number of nitrogens with zero attached hydrogens (tertiary/aromatic N) is 1. The number of carbonyl (C=O) groups is 2. The monoisotopic (exact) mass is 273 g/mol. The highest BCUT2D eigenvalue weighted by molar-refractivity contribution is 7.99. The van der Waals surface area contributed by atoms with Crippen LogP contribution in [0.2, 0.25) is 0 Å². The van der Waals surface area contributed by atoms with E-state index in [-0.39, 0.29) is 17.9 Å². The van der Waals surface area contributed by atoms with E-state index in [1.165, 1.54) is 0 Å². The lowest BCUT2D eigenvalue weighted by atomic mass is 10.1. The second-order valence-electron chi connectivity index (χ2n) is 5.50. The average Bonchev–Trinajstić information content (AvgIpc) is 2.27. The summed E-state index contributed by atoms with van der Waals surface area (Å²) in [4.78, 5) is 25.3. The summed E-state index contributed by atoms with van der Waals surface area (Å²) >= 11 is 1.79. The minimum absolute atomic E-state index is 0.00829. The Morgan fingerprint density at radius 2 is 2.06 bits per heavy atom. The van der Waals surface area contributed by atoms with Gasteiger partial charge in [0.2, 0.25) is 0 Å². The van der Waals surface area contributed by atoms with Crippen LogP contribution in [0.1, 0.15) is 40.5 Å². The van der Waals surface area contributed by atoms with Crippen molar-refractivity contribution in [3.05, 3.63) is 0 Å². The topological polar surface area (TPSA) is 46.6 Å². The molecule has 0 aromatic carbocycles. The zero-order chi connectivity index (χ0) is 13.8. The van der Waals surface area contributed by atoms with Crippen LogP contribution in [0.15, 0.2) is 0 Å². The van der Waals surface area contributed by atoms with Crippen molar-refractivity contribution in [2.24, 2.45) is 0 Å². The minimum Gasteiger partial charge on any atom is -0.444 e. The SMILES string of the molecule is CCC(=O)CC1CSCCN1C(=O)OC(C)(C)C. The molecule has 0 radical (unpaired) electrons. The molecule has 0 saturated carbocycles. The maximum atomic E-state index is 12.1. The molecule has 0 aromatic rings. The number of ether oxygens (including phenoxy) is 1. The first-order valence-corrected chi connectivity index (χ1v) is 7.58. The molecule has 0 N–H and O–H groups in total. The number of amides is 1. The fourth-order valence-corrected chi connectivity index (χ4v) is 2.85. The number of rotatable bonds is 3. The number of carbonyl (C=O) groups excluding carboxylic acids is 2. The molecule has 1 aliphatic heterocycles. The molecule has 1 fully saturated rings. The van der Waals surface area contributed by atoms with Gasteiger partial charge in [-0.1, -0.05) is 6.92 Å². The normalized spacial score (nSPS) is 20.7. The van der Waals surface area contributed by atoms with E-state index in [4.69, 9.17) is 4.74 Å². The van der Waals surface area contributed by atoms with Crippen molar-refractivity contribution < 1.29 is 14.3 Å². The molecule has 0 bridgehead atoms. The highest BCUT2D eigenvalue weighted by atomic mass is 32.2. The summed E-state index contributed by atoms with van der Waals surface area (Å²) in [5, 5.41) is 0. The predicted molar refractivity (Wildman–Crippen MR) is 74.0 cm³/mol. The van der Waals surface area contributed by atoms with Gasteiger partial charge in [0.1, 0.15) is 11.4 Å². The Morgan fingerprint density at radius 3 is 2.61 bits per heavy atom. The van der Waals surface area contributed by atoms with Crippen molar-refractivity contribution in [2.75, 3.05) is 18.1 Å². The molecule has 1 aliphatic rings. The largest absolute Gasteiger partial charge is 0.444 e. The van der Waals surface area contributed by atoms with Gasteiger partial charge in [-0.3, -0.25) is 4.79 Å². The lowest BCUT2D eigenvalue weighted by Crippen LogP contribution is -2.48. The third-order valence-electron chi connectivity index (χ3n) is 2.71. The van der Waals surface area contributed by atoms with Gasteiger partial charge in [-0.05, 0) is 20.8 Å². The molecule has 1 rings (SSSR count). The summed E-state index contributed by atoms with van der Waals surface area (Å²) in [6.07, 6.45) is 0.684. The summed E-state index contributed by atoms with van der Waals surface area (Å²) in [5.74, 6) is 1.94. The Hall–Kier alpha value is -0.710. The molecule has 0 aliphatic carbocycles. The van der Waals surface area contributed by atoms with Crippen LogP contribution in [-0.2, 0) is 9.53 Å². The number of Topliss-reactive ketones (excluding diaryl/α,β-unsaturated/α-hetero) is 1. The van der Waals surface area contributed by atoms with Crippen LogP contribution in [0, 0.1) is 0 Å². The molecule has 1 heterocycles. The first-order valence-electron chi connectivity index (χ1n) is 6.42. The third-order valence-corrected chi connectivity index (χ3v) is 3.80. The van der Waals surface area contributed by atoms with Crippen LogP contribution in [0.3, 0.4) is 0 Å². The Kier molecular flexibility index (Phi) is 5.50. The van der Waals surface area contributed by atoms with Crippen molar-refractivity contribution in [3.8, 4) is 0 Å². The smallest absolute Gasteiger partial charge is 0.410 e. The average molecular weight is 273 g/mol. The third kappa shape index (κ3) is 4.88. The lowest BCUT2D eigenvalue weighted by molar-refractivity contribution is -0.119. The van der Waals surface area contributed by atoms with E-state index in [1.54, 1.807) is 16.7 Å². The Morgan fingerprint density at radius 1 is 1.39 bits per heavy atom. The number of hydrogen-bond acceptors (Lipinski definition) is 4. The van der Waals surface area contributed by atoms with Crippen LogP contribution in [0.5, 0.6) is 0 Å². The summed E-state index contributed by atoms with van der Waals surface area (Å²) in [6, 6.07) is -0.00829. The van der Waals surface area contributed by atoms with Crippen molar-refractivity contribution >= 4 is 23.6 Å². The van der Waals surface area contributed by atoms with Gasteiger partial charge in [-0.15, -0.1) is 0 Å². The fourth-order valence-electron chi connectivity index (χ4n) is 1.79. The quantitative estimate of drug-likeness (QED) is 0.793. The van der Waals surface area contributed by atoms with E-state index in [0.29, 0.717) is 19.4 Å².